The quantitative estimate of drug-likeness (QED) is 0.788. The van der Waals surface area contributed by atoms with Crippen molar-refractivity contribution in [2.24, 2.45) is 0 Å². The molecule has 0 radical (unpaired) electrons. The van der Waals surface area contributed by atoms with Crippen molar-refractivity contribution in [3.8, 4) is 0 Å². The van der Waals surface area contributed by atoms with E-state index in [1.165, 1.54) is 19.3 Å². The molecule has 3 aliphatic rings. The number of nitrogens with zero attached hydrogens (tertiary/aromatic N) is 3. The van der Waals surface area contributed by atoms with Gasteiger partial charge >= 0.3 is 0 Å². The third-order valence-corrected chi connectivity index (χ3v) is 5.09. The standard InChI is InChI=1S/C15H28N4O/c1-13-4-2-3-7-19(13)15(20)12-17-10-14(11-17)18-8-5-16-6-9-18/h13-14,16H,2-12H2,1H3. The number of rotatable bonds is 3. The molecule has 0 aromatic carbocycles. The first-order valence-corrected chi connectivity index (χ1v) is 8.20. The zero-order valence-electron chi connectivity index (χ0n) is 12.7. The summed E-state index contributed by atoms with van der Waals surface area (Å²) >= 11 is 0. The SMILES string of the molecule is CC1CCCCN1C(=O)CN1CC(N2CCNCC2)C1. The molecule has 3 aliphatic heterocycles. The smallest absolute Gasteiger partial charge is 0.236 e. The summed E-state index contributed by atoms with van der Waals surface area (Å²) in [4.78, 5) is 19.3. The van der Waals surface area contributed by atoms with E-state index >= 15 is 0 Å². The van der Waals surface area contributed by atoms with Crippen LogP contribution < -0.4 is 5.32 Å². The van der Waals surface area contributed by atoms with Crippen molar-refractivity contribution in [1.29, 1.82) is 0 Å². The molecule has 3 rings (SSSR count). The van der Waals surface area contributed by atoms with Gasteiger partial charge in [0.1, 0.15) is 0 Å². The molecule has 20 heavy (non-hydrogen) atoms. The molecule has 5 heteroatoms. The minimum Gasteiger partial charge on any atom is -0.339 e. The number of piperidine rings is 1. The molecule has 0 bridgehead atoms. The lowest BCUT2D eigenvalue weighted by molar-refractivity contribution is -0.137. The molecule has 5 nitrogen and oxygen atoms in total. The second-order valence-electron chi connectivity index (χ2n) is 6.57. The van der Waals surface area contributed by atoms with Crippen molar-refractivity contribution in [2.45, 2.75) is 38.3 Å². The second-order valence-corrected chi connectivity index (χ2v) is 6.57. The first-order valence-electron chi connectivity index (χ1n) is 8.20. The van der Waals surface area contributed by atoms with Crippen molar-refractivity contribution in [3.63, 3.8) is 0 Å². The Labute approximate surface area is 122 Å². The summed E-state index contributed by atoms with van der Waals surface area (Å²) in [6.07, 6.45) is 3.63. The summed E-state index contributed by atoms with van der Waals surface area (Å²) < 4.78 is 0. The maximum atomic E-state index is 12.4. The molecule has 0 aromatic heterocycles. The van der Waals surface area contributed by atoms with E-state index in [9.17, 15) is 4.79 Å². The fourth-order valence-corrected chi connectivity index (χ4v) is 3.70. The maximum Gasteiger partial charge on any atom is 0.236 e. The predicted molar refractivity (Wildman–Crippen MR) is 79.7 cm³/mol. The minimum absolute atomic E-state index is 0.343. The van der Waals surface area contributed by atoms with Crippen molar-refractivity contribution < 1.29 is 4.79 Å². The zero-order chi connectivity index (χ0) is 13.9. The van der Waals surface area contributed by atoms with Gasteiger partial charge in [0.15, 0.2) is 0 Å². The number of piperazine rings is 1. The van der Waals surface area contributed by atoms with E-state index < -0.39 is 0 Å². The summed E-state index contributed by atoms with van der Waals surface area (Å²) in [7, 11) is 0. The van der Waals surface area contributed by atoms with Gasteiger partial charge in [-0.3, -0.25) is 14.6 Å². The van der Waals surface area contributed by atoms with Crippen LogP contribution in [-0.4, -0.2) is 85.0 Å². The van der Waals surface area contributed by atoms with Crippen LogP contribution in [0.3, 0.4) is 0 Å². The Morgan fingerprint density at radius 3 is 2.60 bits per heavy atom. The van der Waals surface area contributed by atoms with Crippen LogP contribution in [-0.2, 0) is 4.79 Å². The summed E-state index contributed by atoms with van der Waals surface area (Å²) in [6.45, 7) is 10.5. The minimum atomic E-state index is 0.343. The summed E-state index contributed by atoms with van der Waals surface area (Å²) in [6, 6.07) is 1.13. The molecule has 0 aliphatic carbocycles. The van der Waals surface area contributed by atoms with E-state index in [0.29, 0.717) is 24.5 Å². The molecule has 1 N–H and O–H groups in total. The van der Waals surface area contributed by atoms with Crippen molar-refractivity contribution >= 4 is 5.91 Å². The van der Waals surface area contributed by atoms with Gasteiger partial charge in [0.25, 0.3) is 0 Å². The molecule has 0 saturated carbocycles. The van der Waals surface area contributed by atoms with Gasteiger partial charge < -0.3 is 10.2 Å². The van der Waals surface area contributed by atoms with Gasteiger partial charge in [0, 0.05) is 57.9 Å². The average Bonchev–Trinajstić information content (AvgIpc) is 2.43. The van der Waals surface area contributed by atoms with E-state index in [1.807, 2.05) is 0 Å². The van der Waals surface area contributed by atoms with Crippen molar-refractivity contribution in [2.75, 3.05) is 52.4 Å². The lowest BCUT2D eigenvalue weighted by atomic mass is 10.0. The van der Waals surface area contributed by atoms with Crippen LogP contribution in [0.2, 0.25) is 0 Å². The van der Waals surface area contributed by atoms with E-state index in [0.717, 1.165) is 45.8 Å². The lowest BCUT2D eigenvalue weighted by Gasteiger charge is -2.47. The molecule has 0 spiro atoms. The fourth-order valence-electron chi connectivity index (χ4n) is 3.70. The molecular formula is C15H28N4O. The third-order valence-electron chi connectivity index (χ3n) is 5.09. The zero-order valence-corrected chi connectivity index (χ0v) is 12.7. The molecule has 0 aromatic rings. The van der Waals surface area contributed by atoms with Gasteiger partial charge in [-0.15, -0.1) is 0 Å². The van der Waals surface area contributed by atoms with Crippen LogP contribution in [0.4, 0.5) is 0 Å². The van der Waals surface area contributed by atoms with E-state index in [4.69, 9.17) is 0 Å². The molecule has 1 amide bonds. The highest BCUT2D eigenvalue weighted by Gasteiger charge is 2.34. The Morgan fingerprint density at radius 1 is 1.15 bits per heavy atom. The Kier molecular flexibility index (Phi) is 4.58. The molecule has 1 unspecified atom stereocenters. The van der Waals surface area contributed by atoms with Gasteiger partial charge in [-0.2, -0.15) is 0 Å². The van der Waals surface area contributed by atoms with Crippen LogP contribution in [0.15, 0.2) is 0 Å². The number of hydrogen-bond donors (Lipinski definition) is 1. The number of likely N-dealkylation sites (tertiary alicyclic amines) is 2. The number of carbonyl (C=O) groups excluding carboxylic acids is 1. The van der Waals surface area contributed by atoms with Gasteiger partial charge in [-0.1, -0.05) is 0 Å². The Balaban J connectivity index is 1.40. The van der Waals surface area contributed by atoms with Crippen LogP contribution >= 0.6 is 0 Å². The number of hydrogen-bond acceptors (Lipinski definition) is 4. The van der Waals surface area contributed by atoms with Crippen LogP contribution in [0.1, 0.15) is 26.2 Å². The molecule has 3 heterocycles. The second kappa shape index (κ2) is 6.41. The van der Waals surface area contributed by atoms with E-state index in [1.54, 1.807) is 0 Å². The molecule has 1 atom stereocenters. The maximum absolute atomic E-state index is 12.4. The van der Waals surface area contributed by atoms with Crippen molar-refractivity contribution in [1.82, 2.24) is 20.0 Å². The first-order chi connectivity index (χ1) is 9.74. The van der Waals surface area contributed by atoms with Gasteiger partial charge in [-0.05, 0) is 26.2 Å². The summed E-state index contributed by atoms with van der Waals surface area (Å²) in [5, 5.41) is 3.39. The highest BCUT2D eigenvalue weighted by atomic mass is 16.2. The summed E-state index contributed by atoms with van der Waals surface area (Å²) in [5.41, 5.74) is 0. The monoisotopic (exact) mass is 280 g/mol. The van der Waals surface area contributed by atoms with Crippen molar-refractivity contribution in [3.05, 3.63) is 0 Å². The molecule has 3 saturated heterocycles. The van der Waals surface area contributed by atoms with Gasteiger partial charge in [-0.25, -0.2) is 0 Å². The predicted octanol–water partition coefficient (Wildman–Crippen LogP) is -0.0232. The first kappa shape index (κ1) is 14.3. The highest BCUT2D eigenvalue weighted by Crippen LogP contribution is 2.19. The normalized spacial score (nSPS) is 30.2. The Morgan fingerprint density at radius 2 is 1.90 bits per heavy atom. The topological polar surface area (TPSA) is 38.8 Å². The van der Waals surface area contributed by atoms with Crippen LogP contribution in [0.5, 0.6) is 0 Å². The fraction of sp³-hybridized carbons (Fsp3) is 0.933. The Hall–Kier alpha value is -0.650. The number of carbonyl (C=O) groups is 1. The average molecular weight is 280 g/mol. The highest BCUT2D eigenvalue weighted by molar-refractivity contribution is 5.78. The number of nitrogens with one attached hydrogen (secondary N) is 1. The van der Waals surface area contributed by atoms with Crippen LogP contribution in [0.25, 0.3) is 0 Å². The Bertz CT molecular complexity index is 337. The third kappa shape index (κ3) is 3.15. The molecular weight excluding hydrogens is 252 g/mol. The number of amides is 1. The lowest BCUT2D eigenvalue weighted by Crippen LogP contribution is -2.64. The van der Waals surface area contributed by atoms with E-state index in [2.05, 4.69) is 26.9 Å². The molecule has 114 valence electrons. The largest absolute Gasteiger partial charge is 0.339 e. The molecule has 3 fully saturated rings. The van der Waals surface area contributed by atoms with Gasteiger partial charge in [0.2, 0.25) is 5.91 Å². The summed E-state index contributed by atoms with van der Waals surface area (Å²) in [5.74, 6) is 0.343. The van der Waals surface area contributed by atoms with Crippen LogP contribution in [0, 0.1) is 0 Å². The van der Waals surface area contributed by atoms with E-state index in [-0.39, 0.29) is 0 Å². The van der Waals surface area contributed by atoms with Gasteiger partial charge in [0.05, 0.1) is 6.54 Å².